The summed E-state index contributed by atoms with van der Waals surface area (Å²) in [5.41, 5.74) is 1.57. The van der Waals surface area contributed by atoms with Crippen molar-refractivity contribution in [1.82, 2.24) is 5.32 Å². The van der Waals surface area contributed by atoms with Crippen LogP contribution in [0.25, 0.3) is 0 Å². The third kappa shape index (κ3) is 3.15. The van der Waals surface area contributed by atoms with Crippen LogP contribution in [0.5, 0.6) is 0 Å². The van der Waals surface area contributed by atoms with Gasteiger partial charge in [0.1, 0.15) is 0 Å². The minimum atomic E-state index is 0.378. The standard InChI is InChI=1S/C14H19Cl2N/c1-17-10-14(6-2-3-7-14)9-11-8-12(15)4-5-13(11)16/h4-5,8,17H,2-3,6-7,9-10H2,1H3. The lowest BCUT2D eigenvalue weighted by Gasteiger charge is -2.29. The van der Waals surface area contributed by atoms with Gasteiger partial charge in [-0.05, 0) is 55.5 Å². The van der Waals surface area contributed by atoms with E-state index in [2.05, 4.69) is 5.32 Å². The number of hydrogen-bond acceptors (Lipinski definition) is 1. The molecule has 0 bridgehead atoms. The predicted octanol–water partition coefficient (Wildman–Crippen LogP) is 4.32. The van der Waals surface area contributed by atoms with Gasteiger partial charge in [-0.2, -0.15) is 0 Å². The minimum Gasteiger partial charge on any atom is -0.319 e. The molecule has 94 valence electrons. The van der Waals surface area contributed by atoms with E-state index in [0.29, 0.717) is 5.41 Å². The van der Waals surface area contributed by atoms with Gasteiger partial charge in [0.25, 0.3) is 0 Å². The number of hydrogen-bond donors (Lipinski definition) is 1. The fourth-order valence-electron chi connectivity index (χ4n) is 3.00. The smallest absolute Gasteiger partial charge is 0.0439 e. The van der Waals surface area contributed by atoms with E-state index in [1.54, 1.807) is 0 Å². The zero-order valence-corrected chi connectivity index (χ0v) is 11.7. The summed E-state index contributed by atoms with van der Waals surface area (Å²) < 4.78 is 0. The van der Waals surface area contributed by atoms with Crippen LogP contribution < -0.4 is 5.32 Å². The van der Waals surface area contributed by atoms with E-state index in [1.807, 2.05) is 25.2 Å². The van der Waals surface area contributed by atoms with Crippen molar-refractivity contribution in [1.29, 1.82) is 0 Å². The van der Waals surface area contributed by atoms with Crippen LogP contribution in [-0.4, -0.2) is 13.6 Å². The molecule has 1 aliphatic rings. The van der Waals surface area contributed by atoms with Crippen LogP contribution in [0.2, 0.25) is 10.0 Å². The number of halogens is 2. The molecule has 0 unspecified atom stereocenters. The van der Waals surface area contributed by atoms with E-state index in [-0.39, 0.29) is 0 Å². The molecule has 2 rings (SSSR count). The lowest BCUT2D eigenvalue weighted by Crippen LogP contribution is -2.32. The van der Waals surface area contributed by atoms with Gasteiger partial charge in [0.2, 0.25) is 0 Å². The summed E-state index contributed by atoms with van der Waals surface area (Å²) in [6.07, 6.45) is 6.28. The summed E-state index contributed by atoms with van der Waals surface area (Å²) in [6, 6.07) is 5.77. The molecule has 0 aliphatic heterocycles. The Kier molecular flexibility index (Phi) is 4.35. The van der Waals surface area contributed by atoms with Crippen molar-refractivity contribution in [2.24, 2.45) is 5.41 Å². The number of rotatable bonds is 4. The lowest BCUT2D eigenvalue weighted by molar-refractivity contribution is 0.286. The summed E-state index contributed by atoms with van der Waals surface area (Å²) in [5.74, 6) is 0. The Morgan fingerprint density at radius 1 is 1.24 bits per heavy atom. The average molecular weight is 272 g/mol. The molecular formula is C14H19Cl2N. The Hall–Kier alpha value is -0.240. The van der Waals surface area contributed by atoms with Crippen LogP contribution in [0.15, 0.2) is 18.2 Å². The maximum absolute atomic E-state index is 6.26. The maximum atomic E-state index is 6.26. The molecule has 1 aliphatic carbocycles. The zero-order chi connectivity index (χ0) is 12.3. The Morgan fingerprint density at radius 3 is 2.59 bits per heavy atom. The van der Waals surface area contributed by atoms with Crippen molar-refractivity contribution < 1.29 is 0 Å². The van der Waals surface area contributed by atoms with E-state index >= 15 is 0 Å². The van der Waals surface area contributed by atoms with Gasteiger partial charge in [-0.1, -0.05) is 36.0 Å². The van der Waals surface area contributed by atoms with Crippen LogP contribution in [0, 0.1) is 5.41 Å². The molecule has 0 heterocycles. The van der Waals surface area contributed by atoms with E-state index in [1.165, 1.54) is 31.2 Å². The molecule has 0 amide bonds. The normalized spacial score (nSPS) is 18.5. The topological polar surface area (TPSA) is 12.0 Å². The van der Waals surface area contributed by atoms with Crippen molar-refractivity contribution in [3.63, 3.8) is 0 Å². The number of nitrogens with one attached hydrogen (secondary N) is 1. The molecule has 0 saturated heterocycles. The van der Waals surface area contributed by atoms with E-state index in [9.17, 15) is 0 Å². The number of benzene rings is 1. The Balaban J connectivity index is 2.19. The Morgan fingerprint density at radius 2 is 1.94 bits per heavy atom. The Bertz CT molecular complexity index is 384. The second-order valence-electron chi connectivity index (χ2n) is 5.15. The first-order chi connectivity index (χ1) is 8.15. The Labute approximate surface area is 114 Å². The first-order valence-corrected chi connectivity index (χ1v) is 6.99. The van der Waals surface area contributed by atoms with Crippen LogP contribution in [0.3, 0.4) is 0 Å². The summed E-state index contributed by atoms with van der Waals surface area (Å²) in [5, 5.41) is 4.95. The largest absolute Gasteiger partial charge is 0.319 e. The predicted molar refractivity (Wildman–Crippen MR) is 75.0 cm³/mol. The van der Waals surface area contributed by atoms with Crippen LogP contribution in [-0.2, 0) is 6.42 Å². The fraction of sp³-hybridized carbons (Fsp3) is 0.571. The van der Waals surface area contributed by atoms with Crippen molar-refractivity contribution in [2.75, 3.05) is 13.6 Å². The molecule has 17 heavy (non-hydrogen) atoms. The monoisotopic (exact) mass is 271 g/mol. The van der Waals surface area contributed by atoms with Gasteiger partial charge in [-0.25, -0.2) is 0 Å². The lowest BCUT2D eigenvalue weighted by atomic mass is 9.80. The molecular weight excluding hydrogens is 253 g/mol. The molecule has 1 N–H and O–H groups in total. The van der Waals surface area contributed by atoms with Crippen LogP contribution in [0.4, 0.5) is 0 Å². The first-order valence-electron chi connectivity index (χ1n) is 6.24. The highest BCUT2D eigenvalue weighted by molar-refractivity contribution is 6.33. The summed E-state index contributed by atoms with van der Waals surface area (Å²) in [6.45, 7) is 1.07. The minimum absolute atomic E-state index is 0.378. The fourth-order valence-corrected chi connectivity index (χ4v) is 3.38. The van der Waals surface area contributed by atoms with E-state index in [0.717, 1.165) is 23.0 Å². The third-order valence-corrected chi connectivity index (χ3v) is 4.39. The average Bonchev–Trinajstić information content (AvgIpc) is 2.73. The molecule has 0 atom stereocenters. The molecule has 1 aromatic rings. The highest BCUT2D eigenvalue weighted by Crippen LogP contribution is 2.41. The van der Waals surface area contributed by atoms with Gasteiger partial charge in [0.05, 0.1) is 0 Å². The molecule has 1 saturated carbocycles. The van der Waals surface area contributed by atoms with Gasteiger partial charge in [0, 0.05) is 16.6 Å². The molecule has 1 nitrogen and oxygen atoms in total. The second-order valence-corrected chi connectivity index (χ2v) is 5.99. The highest BCUT2D eigenvalue weighted by Gasteiger charge is 2.33. The molecule has 0 aromatic heterocycles. The zero-order valence-electron chi connectivity index (χ0n) is 10.2. The summed E-state index contributed by atoms with van der Waals surface area (Å²) >= 11 is 12.3. The van der Waals surface area contributed by atoms with Gasteiger partial charge in [-0.3, -0.25) is 0 Å². The molecule has 1 aromatic carbocycles. The van der Waals surface area contributed by atoms with Crippen LogP contribution >= 0.6 is 23.2 Å². The van der Waals surface area contributed by atoms with Crippen molar-refractivity contribution >= 4 is 23.2 Å². The SMILES string of the molecule is CNCC1(Cc2cc(Cl)ccc2Cl)CCCC1. The molecule has 0 spiro atoms. The molecule has 0 radical (unpaired) electrons. The van der Waals surface area contributed by atoms with Gasteiger partial charge in [-0.15, -0.1) is 0 Å². The van der Waals surface area contributed by atoms with Crippen molar-refractivity contribution in [3.05, 3.63) is 33.8 Å². The van der Waals surface area contributed by atoms with Gasteiger partial charge in [0.15, 0.2) is 0 Å². The van der Waals surface area contributed by atoms with Gasteiger partial charge < -0.3 is 5.32 Å². The summed E-state index contributed by atoms with van der Waals surface area (Å²) in [7, 11) is 2.03. The summed E-state index contributed by atoms with van der Waals surface area (Å²) in [4.78, 5) is 0. The van der Waals surface area contributed by atoms with Gasteiger partial charge >= 0.3 is 0 Å². The van der Waals surface area contributed by atoms with E-state index < -0.39 is 0 Å². The first kappa shape index (κ1) is 13.2. The molecule has 3 heteroatoms. The van der Waals surface area contributed by atoms with E-state index in [4.69, 9.17) is 23.2 Å². The van der Waals surface area contributed by atoms with Crippen molar-refractivity contribution in [3.8, 4) is 0 Å². The van der Waals surface area contributed by atoms with Crippen LogP contribution in [0.1, 0.15) is 31.2 Å². The quantitative estimate of drug-likeness (QED) is 0.860. The second kappa shape index (κ2) is 5.60. The third-order valence-electron chi connectivity index (χ3n) is 3.79. The van der Waals surface area contributed by atoms with Crippen molar-refractivity contribution in [2.45, 2.75) is 32.1 Å². The highest BCUT2D eigenvalue weighted by atomic mass is 35.5. The molecule has 1 fully saturated rings. The maximum Gasteiger partial charge on any atom is 0.0439 e.